The maximum Gasteiger partial charge on any atom is 0.254 e. The Bertz CT molecular complexity index is 859. The van der Waals surface area contributed by atoms with Gasteiger partial charge in [0.1, 0.15) is 11.5 Å². The summed E-state index contributed by atoms with van der Waals surface area (Å²) < 4.78 is 7.40. The van der Waals surface area contributed by atoms with Gasteiger partial charge in [0.15, 0.2) is 0 Å². The van der Waals surface area contributed by atoms with E-state index in [1.807, 2.05) is 67.9 Å². The Kier molecular flexibility index (Phi) is 4.25. The van der Waals surface area contributed by atoms with E-state index >= 15 is 0 Å². The molecular formula is C19H21N3O2. The molecule has 0 bridgehead atoms. The van der Waals surface area contributed by atoms with Crippen LogP contribution < -0.4 is 0 Å². The number of rotatable bonds is 4. The second kappa shape index (κ2) is 6.35. The Hall–Kier alpha value is -2.82. The van der Waals surface area contributed by atoms with Gasteiger partial charge in [-0.05, 0) is 63.2 Å². The van der Waals surface area contributed by atoms with Crippen molar-refractivity contribution < 1.29 is 9.21 Å². The number of benzene rings is 1. The molecule has 0 aliphatic rings. The van der Waals surface area contributed by atoms with Gasteiger partial charge in [-0.3, -0.25) is 4.79 Å². The molecule has 0 fully saturated rings. The fourth-order valence-electron chi connectivity index (χ4n) is 2.73. The predicted molar refractivity (Wildman–Crippen MR) is 92.3 cm³/mol. The first-order valence-corrected chi connectivity index (χ1v) is 7.88. The van der Waals surface area contributed by atoms with E-state index in [2.05, 4.69) is 5.10 Å². The van der Waals surface area contributed by atoms with Crippen molar-refractivity contribution in [3.8, 4) is 5.69 Å². The highest BCUT2D eigenvalue weighted by molar-refractivity contribution is 5.94. The standard InChI is InChI=1S/C19H21N3O2/c1-13-11-14(2)22(20-13)17-8-6-16(7-9-17)19(23)21(4)12-18-10-5-15(3)24-18/h5-11H,12H2,1-4H3. The average molecular weight is 323 g/mol. The maximum absolute atomic E-state index is 12.5. The number of amides is 1. The largest absolute Gasteiger partial charge is 0.464 e. The molecule has 5 nitrogen and oxygen atoms in total. The highest BCUT2D eigenvalue weighted by atomic mass is 16.3. The number of aryl methyl sites for hydroxylation is 3. The van der Waals surface area contributed by atoms with Crippen LogP contribution >= 0.6 is 0 Å². The monoisotopic (exact) mass is 323 g/mol. The van der Waals surface area contributed by atoms with Gasteiger partial charge in [0.25, 0.3) is 5.91 Å². The molecule has 0 saturated heterocycles. The van der Waals surface area contributed by atoms with E-state index in [0.29, 0.717) is 12.1 Å². The lowest BCUT2D eigenvalue weighted by Gasteiger charge is -2.16. The summed E-state index contributed by atoms with van der Waals surface area (Å²) in [5.74, 6) is 1.59. The summed E-state index contributed by atoms with van der Waals surface area (Å²) in [4.78, 5) is 14.2. The Morgan fingerprint density at radius 1 is 1.12 bits per heavy atom. The average Bonchev–Trinajstić information content (AvgIpc) is 3.11. The van der Waals surface area contributed by atoms with Gasteiger partial charge < -0.3 is 9.32 Å². The van der Waals surface area contributed by atoms with Crippen LogP contribution in [0.3, 0.4) is 0 Å². The molecule has 0 aliphatic heterocycles. The lowest BCUT2D eigenvalue weighted by Crippen LogP contribution is -2.26. The molecule has 1 aromatic carbocycles. The van der Waals surface area contributed by atoms with Gasteiger partial charge in [0.05, 0.1) is 17.9 Å². The second-order valence-corrected chi connectivity index (χ2v) is 6.06. The Morgan fingerprint density at radius 2 is 1.83 bits per heavy atom. The Balaban J connectivity index is 1.75. The van der Waals surface area contributed by atoms with Crippen LogP contribution in [0.25, 0.3) is 5.69 Å². The zero-order chi connectivity index (χ0) is 17.3. The summed E-state index contributed by atoms with van der Waals surface area (Å²) in [6.07, 6.45) is 0. The second-order valence-electron chi connectivity index (χ2n) is 6.06. The number of hydrogen-bond acceptors (Lipinski definition) is 3. The van der Waals surface area contributed by atoms with Gasteiger partial charge in [-0.2, -0.15) is 5.10 Å². The van der Waals surface area contributed by atoms with Crippen molar-refractivity contribution in [2.24, 2.45) is 0 Å². The fourth-order valence-corrected chi connectivity index (χ4v) is 2.73. The third-order valence-corrected chi connectivity index (χ3v) is 3.90. The molecule has 3 aromatic rings. The van der Waals surface area contributed by atoms with Crippen molar-refractivity contribution in [1.82, 2.24) is 14.7 Å². The number of nitrogens with zero attached hydrogens (tertiary/aromatic N) is 3. The first-order valence-electron chi connectivity index (χ1n) is 7.88. The maximum atomic E-state index is 12.5. The summed E-state index contributed by atoms with van der Waals surface area (Å²) >= 11 is 0. The summed E-state index contributed by atoms with van der Waals surface area (Å²) in [6.45, 7) is 6.32. The highest BCUT2D eigenvalue weighted by Crippen LogP contribution is 2.15. The number of aromatic nitrogens is 2. The van der Waals surface area contributed by atoms with Gasteiger partial charge in [-0.15, -0.1) is 0 Å². The Morgan fingerprint density at radius 3 is 2.38 bits per heavy atom. The molecule has 1 amide bonds. The first kappa shape index (κ1) is 16.1. The molecule has 0 aliphatic carbocycles. The highest BCUT2D eigenvalue weighted by Gasteiger charge is 2.14. The number of carbonyl (C=O) groups is 1. The predicted octanol–water partition coefficient (Wildman–Crippen LogP) is 3.66. The van der Waals surface area contributed by atoms with Gasteiger partial charge in [-0.1, -0.05) is 0 Å². The van der Waals surface area contributed by atoms with E-state index in [-0.39, 0.29) is 5.91 Å². The van der Waals surface area contributed by atoms with Crippen molar-refractivity contribution in [2.75, 3.05) is 7.05 Å². The summed E-state index contributed by atoms with van der Waals surface area (Å²) in [7, 11) is 1.77. The van der Waals surface area contributed by atoms with E-state index < -0.39 is 0 Å². The van der Waals surface area contributed by atoms with Crippen molar-refractivity contribution in [3.63, 3.8) is 0 Å². The lowest BCUT2D eigenvalue weighted by atomic mass is 10.2. The van der Waals surface area contributed by atoms with Gasteiger partial charge in [0, 0.05) is 18.3 Å². The molecule has 0 spiro atoms. The third-order valence-electron chi connectivity index (χ3n) is 3.90. The molecule has 3 rings (SSSR count). The molecular weight excluding hydrogens is 302 g/mol. The molecule has 124 valence electrons. The SMILES string of the molecule is Cc1cc(C)n(-c2ccc(C(=O)N(C)Cc3ccc(C)o3)cc2)n1. The van der Waals surface area contributed by atoms with E-state index in [0.717, 1.165) is 28.6 Å². The van der Waals surface area contributed by atoms with E-state index in [4.69, 9.17) is 4.42 Å². The Labute approximate surface area is 141 Å². The van der Waals surface area contributed by atoms with Crippen LogP contribution in [0.15, 0.2) is 46.9 Å². The number of furan rings is 1. The van der Waals surface area contributed by atoms with E-state index in [1.54, 1.807) is 11.9 Å². The summed E-state index contributed by atoms with van der Waals surface area (Å²) in [6, 6.07) is 13.3. The van der Waals surface area contributed by atoms with Gasteiger partial charge >= 0.3 is 0 Å². The molecule has 0 N–H and O–H groups in total. The molecule has 0 atom stereocenters. The molecule has 0 radical (unpaired) electrons. The summed E-state index contributed by atoms with van der Waals surface area (Å²) in [5, 5.41) is 4.46. The molecule has 5 heteroatoms. The number of hydrogen-bond donors (Lipinski definition) is 0. The topological polar surface area (TPSA) is 51.3 Å². The van der Waals surface area contributed by atoms with Crippen LogP contribution in [0.5, 0.6) is 0 Å². The van der Waals surface area contributed by atoms with Crippen LogP contribution in [0.4, 0.5) is 0 Å². The molecule has 2 aromatic heterocycles. The zero-order valence-electron chi connectivity index (χ0n) is 14.4. The number of carbonyl (C=O) groups excluding carboxylic acids is 1. The lowest BCUT2D eigenvalue weighted by molar-refractivity contribution is 0.0775. The van der Waals surface area contributed by atoms with Crippen molar-refractivity contribution >= 4 is 5.91 Å². The minimum atomic E-state index is -0.0380. The van der Waals surface area contributed by atoms with Crippen LogP contribution in [0, 0.1) is 20.8 Å². The molecule has 0 unspecified atom stereocenters. The fraction of sp³-hybridized carbons (Fsp3) is 0.263. The van der Waals surface area contributed by atoms with Crippen LogP contribution in [-0.2, 0) is 6.54 Å². The minimum absolute atomic E-state index is 0.0380. The molecule has 24 heavy (non-hydrogen) atoms. The van der Waals surface area contributed by atoms with Crippen molar-refractivity contribution in [3.05, 3.63) is 70.9 Å². The van der Waals surface area contributed by atoms with Gasteiger partial charge in [0.2, 0.25) is 0 Å². The normalized spacial score (nSPS) is 10.8. The molecule has 0 saturated carbocycles. The molecule has 2 heterocycles. The van der Waals surface area contributed by atoms with Crippen molar-refractivity contribution in [2.45, 2.75) is 27.3 Å². The van der Waals surface area contributed by atoms with E-state index in [1.165, 1.54) is 0 Å². The van der Waals surface area contributed by atoms with Gasteiger partial charge in [-0.25, -0.2) is 4.68 Å². The third kappa shape index (κ3) is 3.25. The smallest absolute Gasteiger partial charge is 0.254 e. The quantitative estimate of drug-likeness (QED) is 0.736. The van der Waals surface area contributed by atoms with Crippen LogP contribution in [-0.4, -0.2) is 27.6 Å². The van der Waals surface area contributed by atoms with Crippen molar-refractivity contribution in [1.29, 1.82) is 0 Å². The minimum Gasteiger partial charge on any atom is -0.464 e. The first-order chi connectivity index (χ1) is 11.4. The zero-order valence-corrected chi connectivity index (χ0v) is 14.4. The van der Waals surface area contributed by atoms with E-state index in [9.17, 15) is 4.79 Å². The van der Waals surface area contributed by atoms with Crippen LogP contribution in [0.1, 0.15) is 33.3 Å². The summed E-state index contributed by atoms with van der Waals surface area (Å²) in [5.41, 5.74) is 3.63. The van der Waals surface area contributed by atoms with Crippen LogP contribution in [0.2, 0.25) is 0 Å².